The largest absolute Gasteiger partial charge is 0.490 e. The average molecular weight is 349 g/mol. The Kier molecular flexibility index (Phi) is 6.64. The van der Waals surface area contributed by atoms with Crippen molar-refractivity contribution in [3.63, 3.8) is 0 Å². The van der Waals surface area contributed by atoms with Crippen LogP contribution in [0.4, 0.5) is 0 Å². The minimum atomic E-state index is 0.184. The highest BCUT2D eigenvalue weighted by atomic mass is 79.9. The summed E-state index contributed by atoms with van der Waals surface area (Å²) in [5.74, 6) is 0.848. The summed E-state index contributed by atoms with van der Waals surface area (Å²) >= 11 is 9.37. The molecule has 0 spiro atoms. The van der Waals surface area contributed by atoms with Crippen LogP contribution in [0.25, 0.3) is 0 Å². The van der Waals surface area contributed by atoms with Gasteiger partial charge in [-0.25, -0.2) is 0 Å². The van der Waals surface area contributed by atoms with Crippen LogP contribution < -0.4 is 10.1 Å². The Morgan fingerprint density at radius 3 is 2.63 bits per heavy atom. The van der Waals surface area contributed by atoms with E-state index in [1.165, 1.54) is 0 Å². The second kappa shape index (κ2) is 7.51. The number of halogens is 2. The number of ether oxygens (including phenoxy) is 1. The van der Waals surface area contributed by atoms with Gasteiger partial charge in [0.25, 0.3) is 0 Å². The Morgan fingerprint density at radius 1 is 1.37 bits per heavy atom. The third kappa shape index (κ3) is 7.19. The maximum atomic E-state index is 5.90. The van der Waals surface area contributed by atoms with E-state index in [2.05, 4.69) is 48.9 Å². The van der Waals surface area contributed by atoms with E-state index in [9.17, 15) is 0 Å². The highest BCUT2D eigenvalue weighted by Gasteiger charge is 2.10. The molecule has 0 amide bonds. The first-order valence-electron chi connectivity index (χ1n) is 6.64. The van der Waals surface area contributed by atoms with Gasteiger partial charge in [0.2, 0.25) is 0 Å². The molecule has 0 bridgehead atoms. The quantitative estimate of drug-likeness (QED) is 0.727. The third-order valence-electron chi connectivity index (χ3n) is 2.66. The molecule has 1 N–H and O–H groups in total. The van der Waals surface area contributed by atoms with Gasteiger partial charge in [-0.2, -0.15) is 0 Å². The van der Waals surface area contributed by atoms with Gasteiger partial charge < -0.3 is 10.1 Å². The van der Waals surface area contributed by atoms with E-state index in [0.717, 1.165) is 29.6 Å². The minimum absolute atomic E-state index is 0.184. The van der Waals surface area contributed by atoms with Gasteiger partial charge in [0.1, 0.15) is 5.75 Å². The zero-order valence-electron chi connectivity index (χ0n) is 12.1. The van der Waals surface area contributed by atoms with Gasteiger partial charge in [-0.15, -0.1) is 0 Å². The summed E-state index contributed by atoms with van der Waals surface area (Å²) < 4.78 is 6.80. The van der Waals surface area contributed by atoms with Crippen molar-refractivity contribution < 1.29 is 4.74 Å². The molecule has 0 aliphatic heterocycles. The van der Waals surface area contributed by atoms with Gasteiger partial charge in [0.05, 0.1) is 10.6 Å². The monoisotopic (exact) mass is 347 g/mol. The number of nitrogens with one attached hydrogen (secondary N) is 1. The molecule has 4 heteroatoms. The molecule has 0 saturated heterocycles. The molecule has 1 rings (SSSR count). The van der Waals surface area contributed by atoms with Crippen molar-refractivity contribution in [3.8, 4) is 5.75 Å². The van der Waals surface area contributed by atoms with Crippen molar-refractivity contribution in [1.82, 2.24) is 5.32 Å². The molecule has 1 atom stereocenters. The Hall–Kier alpha value is -0.250. The summed E-state index contributed by atoms with van der Waals surface area (Å²) in [6.45, 7) is 9.64. The van der Waals surface area contributed by atoms with Gasteiger partial charge in [-0.1, -0.05) is 11.6 Å². The first kappa shape index (κ1) is 16.8. The molecule has 0 saturated carbocycles. The molecule has 0 radical (unpaired) electrons. The Balaban J connectivity index is 2.33. The molecular formula is C15H23BrClNO. The SMILES string of the molecule is CC(CCCNC(C)(C)C)Oc1ccc(Cl)cc1Br. The average Bonchev–Trinajstić information content (AvgIpc) is 2.27. The van der Waals surface area contributed by atoms with Crippen LogP contribution in [0, 0.1) is 0 Å². The van der Waals surface area contributed by atoms with E-state index < -0.39 is 0 Å². The predicted octanol–water partition coefficient (Wildman–Crippen LogP) is 5.04. The molecule has 0 aromatic heterocycles. The standard InChI is InChI=1S/C15H23BrClNO/c1-11(6-5-9-18-15(2,3)4)19-14-8-7-12(17)10-13(14)16/h7-8,10-11,18H,5-6,9H2,1-4H3. The van der Waals surface area contributed by atoms with Crippen LogP contribution in [0.5, 0.6) is 5.75 Å². The van der Waals surface area contributed by atoms with Crippen LogP contribution in [0.3, 0.4) is 0 Å². The van der Waals surface area contributed by atoms with Crippen molar-refractivity contribution in [2.24, 2.45) is 0 Å². The predicted molar refractivity (Wildman–Crippen MR) is 86.2 cm³/mol. The zero-order valence-corrected chi connectivity index (χ0v) is 14.4. The van der Waals surface area contributed by atoms with Gasteiger partial charge in [-0.05, 0) is 81.2 Å². The third-order valence-corrected chi connectivity index (χ3v) is 3.52. The van der Waals surface area contributed by atoms with E-state index in [0.29, 0.717) is 5.02 Å². The van der Waals surface area contributed by atoms with Crippen LogP contribution in [0.1, 0.15) is 40.5 Å². The second-order valence-electron chi connectivity index (χ2n) is 5.82. The second-order valence-corrected chi connectivity index (χ2v) is 7.11. The Labute approximate surface area is 130 Å². The van der Waals surface area contributed by atoms with Crippen molar-refractivity contribution >= 4 is 27.5 Å². The lowest BCUT2D eigenvalue weighted by atomic mass is 10.1. The zero-order chi connectivity index (χ0) is 14.5. The van der Waals surface area contributed by atoms with Crippen LogP contribution in [0.15, 0.2) is 22.7 Å². The highest BCUT2D eigenvalue weighted by Crippen LogP contribution is 2.29. The van der Waals surface area contributed by atoms with E-state index >= 15 is 0 Å². The van der Waals surface area contributed by atoms with Crippen molar-refractivity contribution in [2.45, 2.75) is 52.2 Å². The molecule has 1 aromatic rings. The van der Waals surface area contributed by atoms with E-state index in [1.807, 2.05) is 18.2 Å². The molecule has 0 aliphatic carbocycles. The fourth-order valence-electron chi connectivity index (χ4n) is 1.70. The summed E-state index contributed by atoms with van der Waals surface area (Å²) in [5, 5.41) is 4.19. The first-order valence-corrected chi connectivity index (χ1v) is 7.82. The van der Waals surface area contributed by atoms with Gasteiger partial charge >= 0.3 is 0 Å². The number of hydrogen-bond donors (Lipinski definition) is 1. The van der Waals surface area contributed by atoms with E-state index in [4.69, 9.17) is 16.3 Å². The lowest BCUT2D eigenvalue weighted by molar-refractivity contribution is 0.204. The smallest absolute Gasteiger partial charge is 0.133 e. The van der Waals surface area contributed by atoms with Crippen molar-refractivity contribution in [1.29, 1.82) is 0 Å². The van der Waals surface area contributed by atoms with Crippen LogP contribution >= 0.6 is 27.5 Å². The van der Waals surface area contributed by atoms with Crippen LogP contribution in [-0.2, 0) is 0 Å². The van der Waals surface area contributed by atoms with Crippen molar-refractivity contribution in [3.05, 3.63) is 27.7 Å². The summed E-state index contributed by atoms with van der Waals surface area (Å²) in [5.41, 5.74) is 0.184. The Bertz CT molecular complexity index is 404. The molecule has 108 valence electrons. The first-order chi connectivity index (χ1) is 8.78. The number of hydrogen-bond acceptors (Lipinski definition) is 2. The van der Waals surface area contributed by atoms with Gasteiger partial charge in [-0.3, -0.25) is 0 Å². The maximum Gasteiger partial charge on any atom is 0.133 e. The van der Waals surface area contributed by atoms with Gasteiger partial charge in [0.15, 0.2) is 0 Å². The highest BCUT2D eigenvalue weighted by molar-refractivity contribution is 9.10. The molecule has 2 nitrogen and oxygen atoms in total. The van der Waals surface area contributed by atoms with Crippen molar-refractivity contribution in [2.75, 3.05) is 6.54 Å². The summed E-state index contributed by atoms with van der Waals surface area (Å²) in [6, 6.07) is 5.59. The maximum absolute atomic E-state index is 5.90. The normalized spacial score (nSPS) is 13.4. The van der Waals surface area contributed by atoms with Crippen LogP contribution in [0.2, 0.25) is 5.02 Å². The lowest BCUT2D eigenvalue weighted by Gasteiger charge is -2.21. The molecule has 19 heavy (non-hydrogen) atoms. The molecule has 0 heterocycles. The number of rotatable bonds is 6. The number of benzene rings is 1. The summed E-state index contributed by atoms with van der Waals surface area (Å²) in [7, 11) is 0. The van der Waals surface area contributed by atoms with Crippen LogP contribution in [-0.4, -0.2) is 18.2 Å². The molecule has 0 aliphatic rings. The van der Waals surface area contributed by atoms with E-state index in [-0.39, 0.29) is 11.6 Å². The summed E-state index contributed by atoms with van der Waals surface area (Å²) in [6.07, 6.45) is 2.32. The lowest BCUT2D eigenvalue weighted by Crippen LogP contribution is -2.36. The Morgan fingerprint density at radius 2 is 2.05 bits per heavy atom. The molecule has 0 fully saturated rings. The molecule has 1 unspecified atom stereocenters. The molecule has 1 aromatic carbocycles. The fourth-order valence-corrected chi connectivity index (χ4v) is 2.48. The van der Waals surface area contributed by atoms with E-state index in [1.54, 1.807) is 0 Å². The fraction of sp³-hybridized carbons (Fsp3) is 0.600. The molecular weight excluding hydrogens is 326 g/mol. The van der Waals surface area contributed by atoms with Gasteiger partial charge in [0, 0.05) is 10.6 Å². The topological polar surface area (TPSA) is 21.3 Å². The minimum Gasteiger partial charge on any atom is -0.490 e. The summed E-state index contributed by atoms with van der Waals surface area (Å²) in [4.78, 5) is 0.